The van der Waals surface area contributed by atoms with Crippen LogP contribution in [0.4, 0.5) is 5.82 Å². The van der Waals surface area contributed by atoms with E-state index < -0.39 is 5.69 Å². The minimum absolute atomic E-state index is 0.105. The van der Waals surface area contributed by atoms with E-state index >= 15 is 0 Å². The maximum atomic E-state index is 12.8. The van der Waals surface area contributed by atoms with E-state index in [9.17, 15) is 10.1 Å². The van der Waals surface area contributed by atoms with Crippen molar-refractivity contribution in [2.75, 3.05) is 5.73 Å². The first kappa shape index (κ1) is 22.6. The average Bonchev–Trinajstić information content (AvgIpc) is 3.37. The third kappa shape index (κ3) is 3.92. The molecule has 0 spiro atoms. The molecule has 0 saturated carbocycles. The maximum Gasteiger partial charge on any atom is 0.351 e. The lowest BCUT2D eigenvalue weighted by Gasteiger charge is -2.11. The van der Waals surface area contributed by atoms with Crippen LogP contribution in [0, 0.1) is 17.2 Å². The molecule has 1 aromatic carbocycles. The molecule has 0 amide bonds. The van der Waals surface area contributed by atoms with E-state index in [4.69, 9.17) is 22.4 Å². The van der Waals surface area contributed by atoms with Crippen molar-refractivity contribution in [1.82, 2.24) is 28.9 Å². The number of fused-ring (bicyclic) bond motifs is 2. The highest BCUT2D eigenvalue weighted by molar-refractivity contribution is 6.31. The molecule has 2 N–H and O–H groups in total. The van der Waals surface area contributed by atoms with Crippen LogP contribution < -0.4 is 11.4 Å². The van der Waals surface area contributed by atoms with E-state index in [0.717, 1.165) is 22.2 Å². The van der Waals surface area contributed by atoms with E-state index in [1.807, 2.05) is 48.3 Å². The van der Waals surface area contributed by atoms with Crippen molar-refractivity contribution in [3.8, 4) is 17.5 Å². The van der Waals surface area contributed by atoms with Crippen LogP contribution in [0.25, 0.3) is 33.3 Å². The van der Waals surface area contributed by atoms with Crippen LogP contribution in [0.15, 0.2) is 47.5 Å². The molecule has 5 rings (SSSR count). The molecule has 10 heteroatoms. The summed E-state index contributed by atoms with van der Waals surface area (Å²) in [6, 6.07) is 11.4. The van der Waals surface area contributed by atoms with Gasteiger partial charge in [0.25, 0.3) is 0 Å². The number of nitriles is 1. The second-order valence-corrected chi connectivity index (χ2v) is 9.39. The van der Waals surface area contributed by atoms with Gasteiger partial charge in [0.2, 0.25) is 0 Å². The highest BCUT2D eigenvalue weighted by Crippen LogP contribution is 2.33. The van der Waals surface area contributed by atoms with Gasteiger partial charge < -0.3 is 10.3 Å². The van der Waals surface area contributed by atoms with Gasteiger partial charge in [-0.3, -0.25) is 14.2 Å². The van der Waals surface area contributed by atoms with E-state index in [1.165, 1.54) is 0 Å². The summed E-state index contributed by atoms with van der Waals surface area (Å²) in [5.74, 6) is 0.301. The Hall–Kier alpha value is -4.16. The first-order valence-corrected chi connectivity index (χ1v) is 11.5. The zero-order chi connectivity index (χ0) is 24.9. The second kappa shape index (κ2) is 8.56. The number of benzene rings is 1. The summed E-state index contributed by atoms with van der Waals surface area (Å²) in [5, 5.41) is 16.4. The normalized spacial score (nSPS) is 11.5. The zero-order valence-electron chi connectivity index (χ0n) is 19.5. The molecule has 9 nitrogen and oxygen atoms in total. The summed E-state index contributed by atoms with van der Waals surface area (Å²) < 4.78 is 5.22. The van der Waals surface area contributed by atoms with Crippen molar-refractivity contribution in [2.24, 2.45) is 13.0 Å². The van der Waals surface area contributed by atoms with E-state index in [2.05, 4.69) is 16.0 Å². The fourth-order valence-electron chi connectivity index (χ4n) is 4.42. The summed E-state index contributed by atoms with van der Waals surface area (Å²) in [6.07, 6.45) is 3.49. The summed E-state index contributed by atoms with van der Waals surface area (Å²) in [4.78, 5) is 21.3. The van der Waals surface area contributed by atoms with Gasteiger partial charge in [-0.1, -0.05) is 25.4 Å². The number of hydrogen-bond acceptors (Lipinski definition) is 6. The molecule has 0 bridgehead atoms. The number of rotatable bonds is 5. The Morgan fingerprint density at radius 3 is 2.74 bits per heavy atom. The van der Waals surface area contributed by atoms with Gasteiger partial charge in [0, 0.05) is 36.4 Å². The molecule has 0 saturated heterocycles. The van der Waals surface area contributed by atoms with Crippen molar-refractivity contribution in [2.45, 2.75) is 26.9 Å². The number of pyridine rings is 1. The third-order valence-corrected chi connectivity index (χ3v) is 6.17. The lowest BCUT2D eigenvalue weighted by Crippen LogP contribution is -2.26. The molecule has 0 aliphatic carbocycles. The fraction of sp³-hybridized carbons (Fsp3) is 0.240. The molecular weight excluding hydrogens is 464 g/mol. The minimum Gasteiger partial charge on any atom is -0.383 e. The first-order chi connectivity index (χ1) is 16.8. The topological polar surface area (TPSA) is 120 Å². The Bertz CT molecular complexity index is 1700. The maximum absolute atomic E-state index is 12.8. The molecule has 4 aromatic heterocycles. The minimum atomic E-state index is -0.439. The Balaban J connectivity index is 1.83. The van der Waals surface area contributed by atoms with E-state index in [0.29, 0.717) is 40.4 Å². The Kier molecular flexibility index (Phi) is 5.53. The van der Waals surface area contributed by atoms with Gasteiger partial charge in [0.1, 0.15) is 11.9 Å². The Labute approximate surface area is 206 Å². The van der Waals surface area contributed by atoms with Crippen LogP contribution in [0.3, 0.4) is 0 Å². The van der Waals surface area contributed by atoms with Crippen LogP contribution in [0.5, 0.6) is 0 Å². The van der Waals surface area contributed by atoms with Crippen LogP contribution >= 0.6 is 11.6 Å². The van der Waals surface area contributed by atoms with Crippen LogP contribution in [-0.2, 0) is 20.1 Å². The number of nitrogens with two attached hydrogens (primary N) is 1. The molecule has 0 radical (unpaired) electrons. The van der Waals surface area contributed by atoms with Gasteiger partial charge in [-0.2, -0.15) is 15.3 Å². The van der Waals surface area contributed by atoms with Crippen molar-refractivity contribution in [3.63, 3.8) is 0 Å². The standard InChI is InChI=1S/C25H23ClN8O/c1-14(2)11-33-24-21(23(28)30-25(33)35)22(20-8-15(10-27)12-32(20)3)34(31-24)13-16-6-7-29-19-5-4-17(26)9-18(16)19/h4-9,12,14H,11,13H2,1-3H3,(H2,28,30,35). The molecular formula is C25H23ClN8O. The predicted octanol–water partition coefficient (Wildman–Crippen LogP) is 3.96. The van der Waals surface area contributed by atoms with Gasteiger partial charge in [-0.15, -0.1) is 0 Å². The highest BCUT2D eigenvalue weighted by atomic mass is 35.5. The summed E-state index contributed by atoms with van der Waals surface area (Å²) in [7, 11) is 1.86. The van der Waals surface area contributed by atoms with Gasteiger partial charge >= 0.3 is 5.69 Å². The van der Waals surface area contributed by atoms with Gasteiger partial charge in [-0.25, -0.2) is 4.79 Å². The van der Waals surface area contributed by atoms with Crippen LogP contribution in [0.2, 0.25) is 5.02 Å². The SMILES string of the molecule is CC(C)Cn1c(=O)nc(N)c2c(-c3cc(C#N)cn3C)n(Cc3ccnc4ccc(Cl)cc34)nc21. The van der Waals surface area contributed by atoms with Crippen molar-refractivity contribution in [1.29, 1.82) is 5.26 Å². The molecule has 0 atom stereocenters. The molecule has 0 aliphatic heterocycles. The lowest BCUT2D eigenvalue weighted by atomic mass is 10.1. The number of hydrogen-bond donors (Lipinski definition) is 1. The zero-order valence-corrected chi connectivity index (χ0v) is 20.3. The molecule has 0 unspecified atom stereocenters. The number of aromatic nitrogens is 6. The summed E-state index contributed by atoms with van der Waals surface area (Å²) in [6.45, 7) is 4.86. The predicted molar refractivity (Wildman–Crippen MR) is 136 cm³/mol. The number of nitrogen functional groups attached to an aromatic ring is 1. The smallest absolute Gasteiger partial charge is 0.351 e. The Morgan fingerprint density at radius 2 is 2.03 bits per heavy atom. The fourth-order valence-corrected chi connectivity index (χ4v) is 4.60. The van der Waals surface area contributed by atoms with Crippen LogP contribution in [0.1, 0.15) is 25.0 Å². The number of anilines is 1. The largest absolute Gasteiger partial charge is 0.383 e. The Morgan fingerprint density at radius 1 is 1.23 bits per heavy atom. The monoisotopic (exact) mass is 486 g/mol. The quantitative estimate of drug-likeness (QED) is 0.401. The number of nitrogens with zero attached hydrogens (tertiary/aromatic N) is 7. The van der Waals surface area contributed by atoms with Crippen LogP contribution in [-0.4, -0.2) is 28.9 Å². The molecule has 176 valence electrons. The van der Waals surface area contributed by atoms with E-state index in [1.54, 1.807) is 29.1 Å². The first-order valence-electron chi connectivity index (χ1n) is 11.1. The van der Waals surface area contributed by atoms with Crippen molar-refractivity contribution >= 4 is 39.4 Å². The van der Waals surface area contributed by atoms with Gasteiger partial charge in [0.15, 0.2) is 5.65 Å². The van der Waals surface area contributed by atoms with E-state index in [-0.39, 0.29) is 11.7 Å². The molecule has 4 heterocycles. The molecule has 5 aromatic rings. The molecule has 0 fully saturated rings. The van der Waals surface area contributed by atoms with Crippen molar-refractivity contribution < 1.29 is 0 Å². The van der Waals surface area contributed by atoms with Gasteiger partial charge in [-0.05, 0) is 41.8 Å². The third-order valence-electron chi connectivity index (χ3n) is 5.93. The van der Waals surface area contributed by atoms with Gasteiger partial charge in [0.05, 0.1) is 34.4 Å². The average molecular weight is 487 g/mol. The number of aryl methyl sites for hydroxylation is 1. The van der Waals surface area contributed by atoms with Crippen molar-refractivity contribution in [3.05, 3.63) is 69.4 Å². The summed E-state index contributed by atoms with van der Waals surface area (Å²) >= 11 is 6.28. The molecule has 0 aliphatic rings. The summed E-state index contributed by atoms with van der Waals surface area (Å²) in [5.41, 5.74) is 10.0. The second-order valence-electron chi connectivity index (χ2n) is 8.96. The lowest BCUT2D eigenvalue weighted by molar-refractivity contribution is 0.512. The molecule has 35 heavy (non-hydrogen) atoms. The number of halogens is 1. The highest BCUT2D eigenvalue weighted by Gasteiger charge is 2.24.